The fourth-order valence-electron chi connectivity index (χ4n) is 2.01. The van der Waals surface area contributed by atoms with Crippen molar-refractivity contribution in [2.24, 2.45) is 0 Å². The molecule has 0 saturated carbocycles. The van der Waals surface area contributed by atoms with Gasteiger partial charge in [0.1, 0.15) is 5.75 Å². The van der Waals surface area contributed by atoms with Gasteiger partial charge in [-0.3, -0.25) is 4.79 Å². The van der Waals surface area contributed by atoms with Gasteiger partial charge in [0.05, 0.1) is 29.4 Å². The third-order valence-electron chi connectivity index (χ3n) is 3.08. The molecule has 6 nitrogen and oxygen atoms in total. The van der Waals surface area contributed by atoms with Gasteiger partial charge in [0, 0.05) is 10.1 Å². The zero-order valence-corrected chi connectivity index (χ0v) is 15.5. The van der Waals surface area contributed by atoms with Gasteiger partial charge in [0.15, 0.2) is 6.10 Å². The molecule has 1 N–H and O–H groups in total. The number of amides is 1. The van der Waals surface area contributed by atoms with E-state index in [2.05, 4.69) is 27.3 Å². The van der Waals surface area contributed by atoms with Gasteiger partial charge >= 0.3 is 5.97 Å². The van der Waals surface area contributed by atoms with E-state index in [1.807, 2.05) is 22.6 Å². The SMILES string of the molecule is COC(=O)C1CN(C(=O)c2cc(I)cc(I)c2O)CCO1. The van der Waals surface area contributed by atoms with Gasteiger partial charge in [-0.25, -0.2) is 4.79 Å². The molecule has 0 radical (unpaired) electrons. The van der Waals surface area contributed by atoms with Crippen LogP contribution in [0.2, 0.25) is 0 Å². The van der Waals surface area contributed by atoms with Gasteiger partial charge in [-0.2, -0.15) is 0 Å². The standard InChI is InChI=1S/C13H13I2NO5/c1-20-13(19)10-6-16(2-3-21-10)12(18)8-4-7(14)5-9(15)11(8)17/h4-5,10,17H,2-3,6H2,1H3. The van der Waals surface area contributed by atoms with E-state index in [0.717, 1.165) is 3.57 Å². The summed E-state index contributed by atoms with van der Waals surface area (Å²) in [5, 5.41) is 10.1. The Morgan fingerprint density at radius 2 is 2.14 bits per heavy atom. The van der Waals surface area contributed by atoms with Crippen molar-refractivity contribution in [3.8, 4) is 5.75 Å². The minimum atomic E-state index is -0.781. The molecule has 1 heterocycles. The highest BCUT2D eigenvalue weighted by atomic mass is 127. The number of hydrogen-bond acceptors (Lipinski definition) is 5. The molecule has 1 aliphatic heterocycles. The first-order valence-electron chi connectivity index (χ1n) is 6.10. The number of morpholine rings is 1. The number of nitrogens with zero attached hydrogens (tertiary/aromatic N) is 1. The monoisotopic (exact) mass is 517 g/mol. The summed E-state index contributed by atoms with van der Waals surface area (Å²) >= 11 is 4.06. The van der Waals surface area contributed by atoms with E-state index >= 15 is 0 Å². The van der Waals surface area contributed by atoms with Crippen LogP contribution in [0, 0.1) is 7.14 Å². The van der Waals surface area contributed by atoms with E-state index in [9.17, 15) is 14.7 Å². The highest BCUT2D eigenvalue weighted by Crippen LogP contribution is 2.28. The molecule has 8 heteroatoms. The molecule has 1 amide bonds. The minimum absolute atomic E-state index is 0.0397. The van der Waals surface area contributed by atoms with Crippen molar-refractivity contribution in [3.05, 3.63) is 24.8 Å². The molecule has 21 heavy (non-hydrogen) atoms. The number of aromatic hydroxyl groups is 1. The van der Waals surface area contributed by atoms with E-state index in [0.29, 0.717) is 10.1 Å². The van der Waals surface area contributed by atoms with Crippen LogP contribution in [0.3, 0.4) is 0 Å². The smallest absolute Gasteiger partial charge is 0.336 e. The van der Waals surface area contributed by atoms with Crippen LogP contribution in [0.4, 0.5) is 0 Å². The first-order valence-corrected chi connectivity index (χ1v) is 8.26. The number of esters is 1. The van der Waals surface area contributed by atoms with Gasteiger partial charge in [0.25, 0.3) is 5.91 Å². The number of phenolic OH excluding ortho intramolecular Hbond substituents is 1. The second-order valence-electron chi connectivity index (χ2n) is 4.42. The maximum Gasteiger partial charge on any atom is 0.336 e. The average molecular weight is 517 g/mol. The molecular formula is C13H13I2NO5. The van der Waals surface area contributed by atoms with Crippen LogP contribution in [-0.2, 0) is 14.3 Å². The molecule has 0 aromatic heterocycles. The Hall–Kier alpha value is -0.620. The van der Waals surface area contributed by atoms with Crippen LogP contribution >= 0.6 is 45.2 Å². The van der Waals surface area contributed by atoms with E-state index in [4.69, 9.17) is 4.74 Å². The average Bonchev–Trinajstić information content (AvgIpc) is 2.49. The first-order chi connectivity index (χ1) is 9.93. The molecule has 1 aromatic rings. The van der Waals surface area contributed by atoms with Crippen LogP contribution in [0.5, 0.6) is 5.75 Å². The van der Waals surface area contributed by atoms with E-state index in [-0.39, 0.29) is 30.4 Å². The third-order valence-corrected chi connectivity index (χ3v) is 4.52. The molecule has 2 rings (SSSR count). The number of benzene rings is 1. The lowest BCUT2D eigenvalue weighted by Crippen LogP contribution is -2.48. The van der Waals surface area contributed by atoms with Gasteiger partial charge in [-0.15, -0.1) is 0 Å². The molecule has 1 atom stereocenters. The van der Waals surface area contributed by atoms with Crippen LogP contribution < -0.4 is 0 Å². The predicted molar refractivity (Wildman–Crippen MR) is 91.2 cm³/mol. The molecule has 0 spiro atoms. The topological polar surface area (TPSA) is 76.1 Å². The Kier molecular flexibility index (Phi) is 5.66. The van der Waals surface area contributed by atoms with Crippen molar-refractivity contribution in [1.82, 2.24) is 4.90 Å². The van der Waals surface area contributed by atoms with Crippen molar-refractivity contribution in [2.75, 3.05) is 26.8 Å². The zero-order chi connectivity index (χ0) is 15.6. The number of carbonyl (C=O) groups is 2. The fraction of sp³-hybridized carbons (Fsp3) is 0.385. The van der Waals surface area contributed by atoms with Crippen molar-refractivity contribution in [3.63, 3.8) is 0 Å². The molecule has 1 fully saturated rings. The quantitative estimate of drug-likeness (QED) is 0.477. The zero-order valence-electron chi connectivity index (χ0n) is 11.1. The lowest BCUT2D eigenvalue weighted by Gasteiger charge is -2.31. The van der Waals surface area contributed by atoms with E-state index in [1.165, 1.54) is 12.0 Å². The number of ether oxygens (including phenoxy) is 2. The summed E-state index contributed by atoms with van der Waals surface area (Å²) in [7, 11) is 1.28. The lowest BCUT2D eigenvalue weighted by atomic mass is 10.1. The van der Waals surface area contributed by atoms with Crippen molar-refractivity contribution >= 4 is 57.1 Å². The molecule has 114 valence electrons. The Morgan fingerprint density at radius 1 is 1.43 bits per heavy atom. The second-order valence-corrected chi connectivity index (χ2v) is 6.83. The lowest BCUT2D eigenvalue weighted by molar-refractivity contribution is -0.158. The number of hydrogen-bond donors (Lipinski definition) is 1. The molecule has 1 unspecified atom stereocenters. The van der Waals surface area contributed by atoms with Gasteiger partial charge in [-0.1, -0.05) is 0 Å². The van der Waals surface area contributed by atoms with Crippen molar-refractivity contribution in [1.29, 1.82) is 0 Å². The largest absolute Gasteiger partial charge is 0.506 e. The molecular weight excluding hydrogens is 504 g/mol. The highest BCUT2D eigenvalue weighted by molar-refractivity contribution is 14.1. The maximum absolute atomic E-state index is 12.5. The number of phenols is 1. The van der Waals surface area contributed by atoms with Crippen molar-refractivity contribution in [2.45, 2.75) is 6.10 Å². The van der Waals surface area contributed by atoms with Crippen LogP contribution in [-0.4, -0.2) is 54.8 Å². The normalized spacial score (nSPS) is 18.4. The van der Waals surface area contributed by atoms with E-state index < -0.39 is 12.1 Å². The number of carbonyl (C=O) groups excluding carboxylic acids is 2. The summed E-state index contributed by atoms with van der Waals surface area (Å²) in [5.41, 5.74) is 0.233. The molecule has 0 aliphatic carbocycles. The fourth-order valence-corrected chi connectivity index (χ4v) is 3.85. The Morgan fingerprint density at radius 3 is 2.81 bits per heavy atom. The van der Waals surface area contributed by atoms with Gasteiger partial charge < -0.3 is 19.5 Å². The van der Waals surface area contributed by atoms with Crippen LogP contribution in [0.1, 0.15) is 10.4 Å². The highest BCUT2D eigenvalue weighted by Gasteiger charge is 2.31. The van der Waals surface area contributed by atoms with Gasteiger partial charge in [0.2, 0.25) is 0 Å². The first kappa shape index (κ1) is 16.7. The summed E-state index contributed by atoms with van der Waals surface area (Å²) in [6.07, 6.45) is -0.781. The summed E-state index contributed by atoms with van der Waals surface area (Å²) < 4.78 is 11.4. The maximum atomic E-state index is 12.5. The third kappa shape index (κ3) is 3.77. The Labute approximate surface area is 149 Å². The molecule has 1 saturated heterocycles. The van der Waals surface area contributed by atoms with Crippen LogP contribution in [0.15, 0.2) is 12.1 Å². The summed E-state index contributed by atoms with van der Waals surface area (Å²) in [5.74, 6) is -0.864. The Balaban J connectivity index is 2.22. The summed E-state index contributed by atoms with van der Waals surface area (Å²) in [6, 6.07) is 3.41. The van der Waals surface area contributed by atoms with Crippen LogP contribution in [0.25, 0.3) is 0 Å². The minimum Gasteiger partial charge on any atom is -0.506 e. The van der Waals surface area contributed by atoms with Crippen molar-refractivity contribution < 1.29 is 24.2 Å². The van der Waals surface area contributed by atoms with Gasteiger partial charge in [-0.05, 0) is 57.3 Å². The summed E-state index contributed by atoms with van der Waals surface area (Å²) in [4.78, 5) is 25.5. The number of methoxy groups -OCH3 is 1. The summed E-state index contributed by atoms with van der Waals surface area (Å²) in [6.45, 7) is 0.744. The Bertz CT molecular complexity index is 578. The predicted octanol–water partition coefficient (Wildman–Crippen LogP) is 1.62. The number of halogens is 2. The second kappa shape index (κ2) is 7.09. The molecule has 0 bridgehead atoms. The van der Waals surface area contributed by atoms with E-state index in [1.54, 1.807) is 12.1 Å². The molecule has 1 aliphatic rings. The molecule has 1 aromatic carbocycles. The number of rotatable bonds is 2.